The maximum atomic E-state index is 14.1. The van der Waals surface area contributed by atoms with Gasteiger partial charge in [-0.15, -0.1) is 0 Å². The minimum Gasteiger partial charge on any atom is -0.352 e. The standard InChI is InChI=1S/C32H36F3N3O4S/c1-2-29(31(40)36-26-16-8-4-9-17-26)37(22-24-13-6-3-7-14-24)30(39)23-38(43(41,42)28-19-10-5-11-20-28)27-18-12-15-25(21-27)32(33,34)35/h3,5-7,10-15,18-21,26,29H,2,4,8-9,16-17,22-23H2,1H3,(H,36,40)/t29-/m0/s1. The van der Waals surface area contributed by atoms with E-state index in [0.717, 1.165) is 49.8 Å². The lowest BCUT2D eigenvalue weighted by Gasteiger charge is -2.34. The van der Waals surface area contributed by atoms with E-state index in [0.29, 0.717) is 10.4 Å². The zero-order valence-corrected chi connectivity index (χ0v) is 24.8. The van der Waals surface area contributed by atoms with Crippen LogP contribution in [0.5, 0.6) is 0 Å². The predicted octanol–water partition coefficient (Wildman–Crippen LogP) is 6.16. The number of hydrogen-bond acceptors (Lipinski definition) is 4. The van der Waals surface area contributed by atoms with Crippen molar-refractivity contribution in [1.29, 1.82) is 0 Å². The van der Waals surface area contributed by atoms with E-state index in [4.69, 9.17) is 0 Å². The molecule has 4 rings (SSSR count). The zero-order chi connectivity index (χ0) is 31.0. The van der Waals surface area contributed by atoms with E-state index < -0.39 is 40.3 Å². The van der Waals surface area contributed by atoms with E-state index in [1.807, 2.05) is 6.07 Å². The summed E-state index contributed by atoms with van der Waals surface area (Å²) >= 11 is 0. The molecule has 43 heavy (non-hydrogen) atoms. The van der Waals surface area contributed by atoms with Gasteiger partial charge in [0.25, 0.3) is 10.0 Å². The Morgan fingerprint density at radius 3 is 2.14 bits per heavy atom. The molecule has 0 aliphatic heterocycles. The highest BCUT2D eigenvalue weighted by Crippen LogP contribution is 2.33. The van der Waals surface area contributed by atoms with Gasteiger partial charge in [0, 0.05) is 12.6 Å². The number of hydrogen-bond donors (Lipinski definition) is 1. The molecule has 0 bridgehead atoms. The molecule has 2 amide bonds. The molecule has 0 heterocycles. The van der Waals surface area contributed by atoms with Gasteiger partial charge >= 0.3 is 6.18 Å². The number of carbonyl (C=O) groups excluding carboxylic acids is 2. The van der Waals surface area contributed by atoms with Crippen LogP contribution in [0.15, 0.2) is 89.8 Å². The van der Waals surface area contributed by atoms with Crippen LogP contribution in [-0.2, 0) is 32.3 Å². The highest BCUT2D eigenvalue weighted by atomic mass is 32.2. The highest BCUT2D eigenvalue weighted by molar-refractivity contribution is 7.92. The first-order valence-corrected chi connectivity index (χ1v) is 15.8. The second-order valence-corrected chi connectivity index (χ2v) is 12.5. The molecule has 0 unspecified atom stereocenters. The fourth-order valence-electron chi connectivity index (χ4n) is 5.33. The van der Waals surface area contributed by atoms with E-state index in [1.54, 1.807) is 37.3 Å². The molecule has 7 nitrogen and oxygen atoms in total. The lowest BCUT2D eigenvalue weighted by Crippen LogP contribution is -2.54. The van der Waals surface area contributed by atoms with Gasteiger partial charge in [-0.1, -0.05) is 80.8 Å². The molecule has 1 fully saturated rings. The van der Waals surface area contributed by atoms with Gasteiger partial charge < -0.3 is 10.2 Å². The average molecular weight is 616 g/mol. The Morgan fingerprint density at radius 1 is 0.907 bits per heavy atom. The van der Waals surface area contributed by atoms with Crippen molar-refractivity contribution in [3.8, 4) is 0 Å². The summed E-state index contributed by atoms with van der Waals surface area (Å²) in [6, 6.07) is 19.1. The van der Waals surface area contributed by atoms with Gasteiger partial charge in [-0.25, -0.2) is 8.42 Å². The van der Waals surface area contributed by atoms with E-state index in [9.17, 15) is 31.2 Å². The molecule has 3 aromatic carbocycles. The lowest BCUT2D eigenvalue weighted by atomic mass is 9.95. The minimum absolute atomic E-state index is 0.0101. The number of anilines is 1. The maximum Gasteiger partial charge on any atom is 0.416 e. The van der Waals surface area contributed by atoms with Crippen LogP contribution in [0.25, 0.3) is 0 Å². The van der Waals surface area contributed by atoms with Crippen molar-refractivity contribution in [3.63, 3.8) is 0 Å². The Balaban J connectivity index is 1.73. The van der Waals surface area contributed by atoms with Crippen molar-refractivity contribution >= 4 is 27.5 Å². The third-order valence-corrected chi connectivity index (χ3v) is 9.39. The van der Waals surface area contributed by atoms with E-state index in [1.165, 1.54) is 35.2 Å². The molecule has 1 N–H and O–H groups in total. The zero-order valence-electron chi connectivity index (χ0n) is 24.0. The Hall–Kier alpha value is -3.86. The molecule has 230 valence electrons. The Bertz CT molecular complexity index is 1480. The number of alkyl halides is 3. The van der Waals surface area contributed by atoms with Gasteiger partial charge in [-0.2, -0.15) is 13.2 Å². The SMILES string of the molecule is CC[C@@H](C(=O)NC1CCCCC1)N(Cc1ccccc1)C(=O)CN(c1cccc(C(F)(F)F)c1)S(=O)(=O)c1ccccc1. The van der Waals surface area contributed by atoms with Crippen LogP contribution in [0.4, 0.5) is 18.9 Å². The Morgan fingerprint density at radius 2 is 1.53 bits per heavy atom. The molecule has 1 atom stereocenters. The topological polar surface area (TPSA) is 86.8 Å². The first kappa shape index (κ1) is 32.1. The smallest absolute Gasteiger partial charge is 0.352 e. The molecule has 1 aliphatic rings. The number of nitrogens with zero attached hydrogens (tertiary/aromatic N) is 2. The lowest BCUT2D eigenvalue weighted by molar-refractivity contribution is -0.140. The summed E-state index contributed by atoms with van der Waals surface area (Å²) in [5, 5.41) is 3.07. The molecular weight excluding hydrogens is 579 g/mol. The monoisotopic (exact) mass is 615 g/mol. The summed E-state index contributed by atoms with van der Waals surface area (Å²) < 4.78 is 69.3. The third-order valence-electron chi connectivity index (χ3n) is 7.60. The average Bonchev–Trinajstić information content (AvgIpc) is 3.00. The van der Waals surface area contributed by atoms with Crippen molar-refractivity contribution in [3.05, 3.63) is 96.1 Å². The first-order chi connectivity index (χ1) is 20.5. The fourth-order valence-corrected chi connectivity index (χ4v) is 6.76. The number of halogens is 3. The van der Waals surface area contributed by atoms with Gasteiger partial charge in [0.2, 0.25) is 11.8 Å². The van der Waals surface area contributed by atoms with Crippen LogP contribution in [0.1, 0.15) is 56.6 Å². The minimum atomic E-state index is -4.73. The molecule has 1 saturated carbocycles. The van der Waals surface area contributed by atoms with Gasteiger partial charge in [0.1, 0.15) is 12.6 Å². The van der Waals surface area contributed by atoms with E-state index >= 15 is 0 Å². The van der Waals surface area contributed by atoms with Gasteiger partial charge in [0.05, 0.1) is 16.1 Å². The molecule has 1 aliphatic carbocycles. The van der Waals surface area contributed by atoms with Crippen LogP contribution < -0.4 is 9.62 Å². The number of carbonyl (C=O) groups is 2. The number of benzene rings is 3. The predicted molar refractivity (Wildman–Crippen MR) is 159 cm³/mol. The fraction of sp³-hybridized carbons (Fsp3) is 0.375. The van der Waals surface area contributed by atoms with Gasteiger partial charge in [-0.05, 0) is 55.2 Å². The second-order valence-electron chi connectivity index (χ2n) is 10.6. The second kappa shape index (κ2) is 14.1. The van der Waals surface area contributed by atoms with Crippen LogP contribution in [-0.4, -0.2) is 43.8 Å². The molecule has 0 aromatic heterocycles. The molecule has 3 aromatic rings. The summed E-state index contributed by atoms with van der Waals surface area (Å²) in [6.45, 7) is 0.971. The molecular formula is C32H36F3N3O4S. The molecule has 11 heteroatoms. The summed E-state index contributed by atoms with van der Waals surface area (Å²) in [5.74, 6) is -1.05. The van der Waals surface area contributed by atoms with Crippen molar-refractivity contribution in [1.82, 2.24) is 10.2 Å². The molecule has 0 spiro atoms. The first-order valence-electron chi connectivity index (χ1n) is 14.4. The van der Waals surface area contributed by atoms with Crippen LogP contribution in [0.2, 0.25) is 0 Å². The van der Waals surface area contributed by atoms with Gasteiger partial charge in [0.15, 0.2) is 0 Å². The number of amides is 2. The third kappa shape index (κ3) is 8.16. The van der Waals surface area contributed by atoms with Crippen molar-refractivity contribution in [2.24, 2.45) is 0 Å². The van der Waals surface area contributed by atoms with Crippen molar-refractivity contribution in [2.75, 3.05) is 10.8 Å². The molecule has 0 saturated heterocycles. The van der Waals surface area contributed by atoms with Gasteiger partial charge in [-0.3, -0.25) is 13.9 Å². The number of sulfonamides is 1. The summed E-state index contributed by atoms with van der Waals surface area (Å²) in [4.78, 5) is 28.8. The number of rotatable bonds is 11. The maximum absolute atomic E-state index is 14.1. The van der Waals surface area contributed by atoms with Crippen molar-refractivity contribution in [2.45, 2.75) is 75.1 Å². The summed E-state index contributed by atoms with van der Waals surface area (Å²) in [7, 11) is -4.48. The van der Waals surface area contributed by atoms with Crippen LogP contribution >= 0.6 is 0 Å². The quantitative estimate of drug-likeness (QED) is 0.280. The Labute approximate surface area is 250 Å². The summed E-state index contributed by atoms with van der Waals surface area (Å²) in [5.41, 5.74) is -0.646. The van der Waals surface area contributed by atoms with Crippen LogP contribution in [0.3, 0.4) is 0 Å². The Kier molecular flexibility index (Phi) is 10.5. The van der Waals surface area contributed by atoms with E-state index in [-0.39, 0.29) is 35.5 Å². The molecule has 0 radical (unpaired) electrons. The van der Waals surface area contributed by atoms with Crippen LogP contribution in [0, 0.1) is 0 Å². The summed E-state index contributed by atoms with van der Waals surface area (Å²) in [6.07, 6.45) is 0.303. The number of nitrogens with one attached hydrogen (secondary N) is 1. The van der Waals surface area contributed by atoms with E-state index in [2.05, 4.69) is 5.32 Å². The highest BCUT2D eigenvalue weighted by Gasteiger charge is 2.36. The largest absolute Gasteiger partial charge is 0.416 e. The normalized spacial score (nSPS) is 15.0. The van der Waals surface area contributed by atoms with Crippen molar-refractivity contribution < 1.29 is 31.2 Å².